The van der Waals surface area contributed by atoms with Crippen molar-refractivity contribution in [3.05, 3.63) is 74.3 Å². The van der Waals surface area contributed by atoms with Gasteiger partial charge in [0.25, 0.3) is 0 Å². The van der Waals surface area contributed by atoms with Crippen molar-refractivity contribution in [2.45, 2.75) is 55.4 Å². The summed E-state index contributed by atoms with van der Waals surface area (Å²) in [6, 6.07) is 0. The molecule has 0 aliphatic heterocycles. The molecule has 0 nitrogen and oxygen atoms in total. The summed E-state index contributed by atoms with van der Waals surface area (Å²) in [5, 5.41) is 0. The minimum atomic E-state index is 1.27. The first-order valence-electron chi connectivity index (χ1n) is 7.65. The zero-order valence-electron chi connectivity index (χ0n) is 14.7. The Kier molecular flexibility index (Phi) is 4.12. The number of hydrogen-bond donors (Lipinski definition) is 0. The smallest absolute Gasteiger partial charge is 0.130 e. The van der Waals surface area contributed by atoms with Crippen LogP contribution in [0.4, 0.5) is 0 Å². The summed E-state index contributed by atoms with van der Waals surface area (Å²) < 4.78 is 0. The molecule has 21 heavy (non-hydrogen) atoms. The van der Waals surface area contributed by atoms with Crippen LogP contribution in [0.3, 0.4) is 0 Å². The SMILES string of the molecule is CC1=C(C)C(=C=C2C(C)=C(C)[CH-]C(C)=C2C)C(C)=C(C)[CH+]1. The van der Waals surface area contributed by atoms with Crippen molar-refractivity contribution in [1.82, 2.24) is 0 Å². The average molecular weight is 278 g/mol. The minimum Gasteiger partial charge on any atom is -0.164 e. The summed E-state index contributed by atoms with van der Waals surface area (Å²) in [4.78, 5) is 0. The highest BCUT2D eigenvalue weighted by Gasteiger charge is 2.24. The molecule has 0 heteroatoms. The van der Waals surface area contributed by atoms with E-state index in [4.69, 9.17) is 0 Å². The van der Waals surface area contributed by atoms with E-state index in [1.165, 1.54) is 55.7 Å². The van der Waals surface area contributed by atoms with E-state index in [-0.39, 0.29) is 0 Å². The van der Waals surface area contributed by atoms with E-state index in [1.54, 1.807) is 0 Å². The largest absolute Gasteiger partial charge is 0.164 e. The second-order valence-electron chi connectivity index (χ2n) is 6.40. The number of hydrogen-bond acceptors (Lipinski definition) is 0. The third kappa shape index (κ3) is 2.69. The maximum absolute atomic E-state index is 3.74. The predicted octanol–water partition coefficient (Wildman–Crippen LogP) is 6.22. The van der Waals surface area contributed by atoms with Crippen LogP contribution in [0, 0.1) is 12.8 Å². The summed E-state index contributed by atoms with van der Waals surface area (Å²) in [6.07, 6.45) is 4.55. The molecule has 0 bridgehead atoms. The molecule has 2 aliphatic carbocycles. The summed E-state index contributed by atoms with van der Waals surface area (Å²) in [5.41, 5.74) is 17.0. The molecule has 2 rings (SSSR count). The molecule has 0 saturated carbocycles. The van der Waals surface area contributed by atoms with Gasteiger partial charge in [-0.3, -0.25) is 0 Å². The van der Waals surface area contributed by atoms with E-state index < -0.39 is 0 Å². The molecule has 0 aromatic carbocycles. The Labute approximate surface area is 130 Å². The van der Waals surface area contributed by atoms with E-state index in [0.717, 1.165) is 0 Å². The van der Waals surface area contributed by atoms with Gasteiger partial charge in [-0.05, 0) is 13.8 Å². The highest BCUT2D eigenvalue weighted by molar-refractivity contribution is 5.62. The van der Waals surface area contributed by atoms with Gasteiger partial charge in [0.15, 0.2) is 0 Å². The lowest BCUT2D eigenvalue weighted by Crippen LogP contribution is -2.05. The van der Waals surface area contributed by atoms with E-state index in [9.17, 15) is 0 Å². The lowest BCUT2D eigenvalue weighted by molar-refractivity contribution is 1.11. The van der Waals surface area contributed by atoms with E-state index in [2.05, 4.69) is 74.0 Å². The summed E-state index contributed by atoms with van der Waals surface area (Å²) in [5.74, 6) is 0. The Hall–Kier alpha value is -1.78. The maximum atomic E-state index is 3.74. The minimum absolute atomic E-state index is 1.27. The Morgan fingerprint density at radius 1 is 0.619 bits per heavy atom. The van der Waals surface area contributed by atoms with E-state index in [0.29, 0.717) is 0 Å². The fraction of sp³-hybridized carbons (Fsp3) is 0.381. The molecule has 0 aromatic rings. The van der Waals surface area contributed by atoms with E-state index >= 15 is 0 Å². The fourth-order valence-electron chi connectivity index (χ4n) is 2.93. The molecule has 0 atom stereocenters. The first kappa shape index (κ1) is 15.6. The lowest BCUT2D eigenvalue weighted by Gasteiger charge is -2.29. The Morgan fingerprint density at radius 3 is 1.43 bits per heavy atom. The molecule has 110 valence electrons. The van der Waals surface area contributed by atoms with Gasteiger partial charge in [-0.15, -0.1) is 16.9 Å². The standard InChI is InChI=1S/C21H26/c1-12-9-13(2)17(6)20(16(12)5)11-21-18(7)14(3)10-15(4)19(21)8/h9-10H,1-8H3. The van der Waals surface area contributed by atoms with Crippen LogP contribution in [0.2, 0.25) is 0 Å². The normalized spacial score (nSPS) is 20.0. The molecule has 2 aliphatic rings. The topological polar surface area (TPSA) is 0 Å². The molecule has 0 radical (unpaired) electrons. The monoisotopic (exact) mass is 278 g/mol. The van der Waals surface area contributed by atoms with Crippen molar-refractivity contribution in [3.63, 3.8) is 0 Å². The highest BCUT2D eigenvalue weighted by Crippen LogP contribution is 2.36. The van der Waals surface area contributed by atoms with Gasteiger partial charge in [0.05, 0.1) is 22.3 Å². The quantitative estimate of drug-likeness (QED) is 0.364. The van der Waals surface area contributed by atoms with Crippen LogP contribution in [-0.2, 0) is 0 Å². The van der Waals surface area contributed by atoms with Gasteiger partial charge < -0.3 is 0 Å². The van der Waals surface area contributed by atoms with Crippen molar-refractivity contribution in [2.75, 3.05) is 0 Å². The van der Waals surface area contributed by atoms with Crippen LogP contribution < -0.4 is 0 Å². The van der Waals surface area contributed by atoms with Crippen LogP contribution in [0.15, 0.2) is 61.5 Å². The van der Waals surface area contributed by atoms with Crippen LogP contribution in [0.1, 0.15) is 55.4 Å². The van der Waals surface area contributed by atoms with Crippen molar-refractivity contribution >= 4 is 0 Å². The fourth-order valence-corrected chi connectivity index (χ4v) is 2.93. The molecule has 0 spiro atoms. The van der Waals surface area contributed by atoms with Crippen LogP contribution in [0.5, 0.6) is 0 Å². The molecule has 0 heterocycles. The molecule has 0 unspecified atom stereocenters. The maximum Gasteiger partial charge on any atom is 0.130 e. The van der Waals surface area contributed by atoms with Gasteiger partial charge in [-0.1, -0.05) is 33.3 Å². The van der Waals surface area contributed by atoms with Gasteiger partial charge in [-0.25, -0.2) is 0 Å². The third-order valence-corrected chi connectivity index (χ3v) is 4.98. The number of rotatable bonds is 0. The summed E-state index contributed by atoms with van der Waals surface area (Å²) >= 11 is 0. The zero-order chi connectivity index (χ0) is 15.9. The molecule has 0 N–H and O–H groups in total. The zero-order valence-corrected chi connectivity index (χ0v) is 14.7. The molecule has 0 amide bonds. The van der Waals surface area contributed by atoms with Crippen molar-refractivity contribution < 1.29 is 0 Å². The van der Waals surface area contributed by atoms with Gasteiger partial charge in [0, 0.05) is 20.3 Å². The van der Waals surface area contributed by atoms with E-state index in [1.807, 2.05) is 0 Å². The molecular formula is C21H26. The first-order chi connectivity index (χ1) is 9.73. The van der Waals surface area contributed by atoms with Gasteiger partial charge in [0.2, 0.25) is 0 Å². The van der Waals surface area contributed by atoms with Gasteiger partial charge >= 0.3 is 0 Å². The van der Waals surface area contributed by atoms with Crippen LogP contribution in [-0.4, -0.2) is 0 Å². The Morgan fingerprint density at radius 2 is 1.00 bits per heavy atom. The second-order valence-corrected chi connectivity index (χ2v) is 6.40. The summed E-state index contributed by atoms with van der Waals surface area (Å²) in [7, 11) is 0. The Balaban J connectivity index is 2.79. The summed E-state index contributed by atoms with van der Waals surface area (Å²) in [6.45, 7) is 17.6. The molecule has 0 fully saturated rings. The lowest BCUT2D eigenvalue weighted by atomic mass is 9.81. The van der Waals surface area contributed by atoms with Crippen molar-refractivity contribution in [2.24, 2.45) is 0 Å². The number of allylic oxidation sites excluding steroid dienone is 9. The average Bonchev–Trinajstić information content (AvgIpc) is 2.42. The predicted molar refractivity (Wildman–Crippen MR) is 92.6 cm³/mol. The molecular weight excluding hydrogens is 252 g/mol. The third-order valence-electron chi connectivity index (χ3n) is 4.98. The van der Waals surface area contributed by atoms with Gasteiger partial charge in [-0.2, -0.15) is 17.6 Å². The Bertz CT molecular complexity index is 580. The van der Waals surface area contributed by atoms with Crippen molar-refractivity contribution in [3.8, 4) is 0 Å². The first-order valence-corrected chi connectivity index (χ1v) is 7.65. The molecule has 0 saturated heterocycles. The molecule has 0 aromatic heterocycles. The van der Waals surface area contributed by atoms with Crippen molar-refractivity contribution in [1.29, 1.82) is 0 Å². The van der Waals surface area contributed by atoms with Crippen LogP contribution >= 0.6 is 0 Å². The highest BCUT2D eigenvalue weighted by atomic mass is 14.2. The van der Waals surface area contributed by atoms with Crippen LogP contribution in [0.25, 0.3) is 0 Å². The van der Waals surface area contributed by atoms with Gasteiger partial charge in [0.1, 0.15) is 5.57 Å². The second kappa shape index (κ2) is 5.54.